The Morgan fingerprint density at radius 2 is 1.85 bits per heavy atom. The summed E-state index contributed by atoms with van der Waals surface area (Å²) in [5, 5.41) is 3.35. The maximum atomic E-state index is 12.7. The number of ether oxygens (including phenoxy) is 1. The highest BCUT2D eigenvalue weighted by Gasteiger charge is 2.30. The number of carbonyl (C=O) groups is 1. The molecule has 27 heavy (non-hydrogen) atoms. The van der Waals surface area contributed by atoms with E-state index in [9.17, 15) is 22.8 Å². The first kappa shape index (κ1) is 18.5. The number of anilines is 1. The van der Waals surface area contributed by atoms with Crippen LogP contribution in [0, 0.1) is 0 Å². The molecule has 3 aromatic rings. The van der Waals surface area contributed by atoms with Gasteiger partial charge in [-0.1, -0.05) is 12.1 Å². The van der Waals surface area contributed by atoms with Crippen molar-refractivity contribution in [1.29, 1.82) is 0 Å². The van der Waals surface area contributed by atoms with Gasteiger partial charge in [0, 0.05) is 24.3 Å². The van der Waals surface area contributed by atoms with E-state index in [1.807, 2.05) is 0 Å². The molecule has 1 heterocycles. The molecule has 1 aromatic heterocycles. The Bertz CT molecular complexity index is 1060. The van der Waals surface area contributed by atoms with Gasteiger partial charge in [0.15, 0.2) is 6.61 Å². The summed E-state index contributed by atoms with van der Waals surface area (Å²) in [5.41, 5.74) is -1.04. The van der Waals surface area contributed by atoms with E-state index in [0.29, 0.717) is 16.5 Å². The molecule has 5 nitrogen and oxygen atoms in total. The van der Waals surface area contributed by atoms with E-state index >= 15 is 0 Å². The number of carbonyl (C=O) groups excluding carboxylic acids is 1. The Morgan fingerprint density at radius 3 is 2.59 bits per heavy atom. The fraction of sp³-hybridized carbons (Fsp3) is 0.158. The highest BCUT2D eigenvalue weighted by Crippen LogP contribution is 2.30. The molecule has 0 saturated heterocycles. The minimum absolute atomic E-state index is 0.0187. The van der Waals surface area contributed by atoms with E-state index < -0.39 is 24.3 Å². The Hall–Kier alpha value is -3.29. The second kappa shape index (κ2) is 7.14. The molecule has 0 aliphatic carbocycles. The molecule has 1 N–H and O–H groups in total. The van der Waals surface area contributed by atoms with Crippen LogP contribution in [-0.4, -0.2) is 17.1 Å². The fourth-order valence-corrected chi connectivity index (χ4v) is 2.59. The van der Waals surface area contributed by atoms with Gasteiger partial charge in [0.1, 0.15) is 5.75 Å². The lowest BCUT2D eigenvalue weighted by atomic mass is 10.1. The maximum absolute atomic E-state index is 12.7. The number of amides is 1. The molecule has 0 unspecified atom stereocenters. The Labute approximate surface area is 152 Å². The minimum atomic E-state index is -4.49. The average molecular weight is 376 g/mol. The van der Waals surface area contributed by atoms with Crippen LogP contribution in [0.15, 0.2) is 59.5 Å². The van der Waals surface area contributed by atoms with E-state index in [0.717, 1.165) is 12.1 Å². The number of fused-ring (bicyclic) bond motifs is 1. The first-order valence-electron chi connectivity index (χ1n) is 7.94. The number of nitrogens with zero attached hydrogens (tertiary/aromatic N) is 1. The molecular weight excluding hydrogens is 361 g/mol. The van der Waals surface area contributed by atoms with Crippen molar-refractivity contribution in [2.45, 2.75) is 6.18 Å². The molecule has 0 atom stereocenters. The standard InChI is InChI=1S/C19H15F3N2O3/c1-24-9-8-14-15(18(24)26)6-3-7-16(14)27-11-17(25)23-13-5-2-4-12(10-13)19(20,21)22/h2-10H,11H2,1H3,(H,23,25). The summed E-state index contributed by atoms with van der Waals surface area (Å²) in [4.78, 5) is 24.1. The molecule has 0 saturated carbocycles. The topological polar surface area (TPSA) is 60.3 Å². The molecule has 140 valence electrons. The molecule has 0 aliphatic heterocycles. The molecular formula is C19H15F3N2O3. The van der Waals surface area contributed by atoms with Crippen molar-refractivity contribution in [3.63, 3.8) is 0 Å². The van der Waals surface area contributed by atoms with Crippen molar-refractivity contribution < 1.29 is 22.7 Å². The minimum Gasteiger partial charge on any atom is -0.483 e. The number of nitrogens with one attached hydrogen (secondary N) is 1. The fourth-order valence-electron chi connectivity index (χ4n) is 2.59. The lowest BCUT2D eigenvalue weighted by Crippen LogP contribution is -2.21. The first-order valence-corrected chi connectivity index (χ1v) is 7.94. The predicted molar refractivity (Wildman–Crippen MR) is 94.8 cm³/mol. The molecule has 8 heteroatoms. The molecule has 0 bridgehead atoms. The van der Waals surface area contributed by atoms with Crippen LogP contribution in [0.5, 0.6) is 5.75 Å². The van der Waals surface area contributed by atoms with E-state index in [1.54, 1.807) is 37.5 Å². The lowest BCUT2D eigenvalue weighted by molar-refractivity contribution is -0.137. The van der Waals surface area contributed by atoms with Crippen LogP contribution in [0.4, 0.5) is 18.9 Å². The average Bonchev–Trinajstić information content (AvgIpc) is 2.62. The summed E-state index contributed by atoms with van der Waals surface area (Å²) in [7, 11) is 1.62. The quantitative estimate of drug-likeness (QED) is 0.757. The zero-order chi connectivity index (χ0) is 19.6. The van der Waals surface area contributed by atoms with Crippen LogP contribution in [0.2, 0.25) is 0 Å². The lowest BCUT2D eigenvalue weighted by Gasteiger charge is -2.12. The third-order valence-corrected chi connectivity index (χ3v) is 3.91. The summed E-state index contributed by atoms with van der Waals surface area (Å²) in [6.45, 7) is -0.412. The van der Waals surface area contributed by atoms with Gasteiger partial charge in [0.05, 0.1) is 10.9 Å². The number of hydrogen-bond acceptors (Lipinski definition) is 3. The summed E-state index contributed by atoms with van der Waals surface area (Å²) in [5.74, 6) is -0.278. The predicted octanol–water partition coefficient (Wildman–Crippen LogP) is 3.57. The molecule has 0 aliphatic rings. The second-order valence-electron chi connectivity index (χ2n) is 5.86. The Balaban J connectivity index is 1.73. The van der Waals surface area contributed by atoms with E-state index in [-0.39, 0.29) is 11.2 Å². The van der Waals surface area contributed by atoms with Crippen LogP contribution in [0.3, 0.4) is 0 Å². The van der Waals surface area contributed by atoms with Crippen molar-refractivity contribution in [1.82, 2.24) is 4.57 Å². The zero-order valence-corrected chi connectivity index (χ0v) is 14.2. The Kier molecular flexibility index (Phi) is 4.89. The van der Waals surface area contributed by atoms with Gasteiger partial charge < -0.3 is 14.6 Å². The summed E-state index contributed by atoms with van der Waals surface area (Å²) >= 11 is 0. The molecule has 0 radical (unpaired) electrons. The second-order valence-corrected chi connectivity index (χ2v) is 5.86. The van der Waals surface area contributed by atoms with Crippen LogP contribution in [-0.2, 0) is 18.0 Å². The van der Waals surface area contributed by atoms with Gasteiger partial charge in [-0.05, 0) is 36.4 Å². The van der Waals surface area contributed by atoms with Gasteiger partial charge in [-0.3, -0.25) is 9.59 Å². The third-order valence-electron chi connectivity index (χ3n) is 3.91. The molecule has 0 fully saturated rings. The van der Waals surface area contributed by atoms with E-state index in [4.69, 9.17) is 4.74 Å². The number of rotatable bonds is 4. The summed E-state index contributed by atoms with van der Waals surface area (Å²) in [6, 6.07) is 10.9. The smallest absolute Gasteiger partial charge is 0.416 e. The van der Waals surface area contributed by atoms with E-state index in [2.05, 4.69) is 5.32 Å². The normalized spacial score (nSPS) is 11.4. The van der Waals surface area contributed by atoms with Crippen molar-refractivity contribution in [2.24, 2.45) is 7.05 Å². The molecule has 1 amide bonds. The number of aromatic nitrogens is 1. The van der Waals surface area contributed by atoms with Gasteiger partial charge in [-0.2, -0.15) is 13.2 Å². The molecule has 3 rings (SSSR count). The summed E-state index contributed by atoms with van der Waals surface area (Å²) in [6.07, 6.45) is -2.91. The number of halogens is 3. The van der Waals surface area contributed by atoms with Crippen molar-refractivity contribution in [2.75, 3.05) is 11.9 Å². The van der Waals surface area contributed by atoms with Crippen molar-refractivity contribution in [3.8, 4) is 5.75 Å². The highest BCUT2D eigenvalue weighted by atomic mass is 19.4. The Morgan fingerprint density at radius 1 is 1.11 bits per heavy atom. The van der Waals surface area contributed by atoms with Crippen molar-refractivity contribution >= 4 is 22.4 Å². The van der Waals surface area contributed by atoms with Gasteiger partial charge in [-0.25, -0.2) is 0 Å². The number of alkyl halides is 3. The van der Waals surface area contributed by atoms with Crippen LogP contribution >= 0.6 is 0 Å². The van der Waals surface area contributed by atoms with Crippen molar-refractivity contribution in [3.05, 3.63) is 70.6 Å². The largest absolute Gasteiger partial charge is 0.483 e. The van der Waals surface area contributed by atoms with Gasteiger partial charge in [0.25, 0.3) is 11.5 Å². The van der Waals surface area contributed by atoms with Gasteiger partial charge >= 0.3 is 6.18 Å². The monoisotopic (exact) mass is 376 g/mol. The number of pyridine rings is 1. The highest BCUT2D eigenvalue weighted by molar-refractivity contribution is 5.93. The van der Waals surface area contributed by atoms with E-state index in [1.165, 1.54) is 16.7 Å². The number of aryl methyl sites for hydroxylation is 1. The third kappa shape index (κ3) is 4.11. The zero-order valence-electron chi connectivity index (χ0n) is 14.2. The van der Waals surface area contributed by atoms with Crippen LogP contribution in [0.25, 0.3) is 10.8 Å². The number of hydrogen-bond donors (Lipinski definition) is 1. The molecule has 0 spiro atoms. The van der Waals surface area contributed by atoms with Crippen LogP contribution in [0.1, 0.15) is 5.56 Å². The molecule has 2 aromatic carbocycles. The maximum Gasteiger partial charge on any atom is 0.416 e. The first-order chi connectivity index (χ1) is 12.8. The summed E-state index contributed by atoms with van der Waals surface area (Å²) < 4.78 is 45.0. The van der Waals surface area contributed by atoms with Gasteiger partial charge in [-0.15, -0.1) is 0 Å². The van der Waals surface area contributed by atoms with Crippen LogP contribution < -0.4 is 15.6 Å². The SMILES string of the molecule is Cn1ccc2c(OCC(=O)Nc3cccc(C(F)(F)F)c3)cccc2c1=O. The van der Waals surface area contributed by atoms with Gasteiger partial charge in [0.2, 0.25) is 0 Å². The number of benzene rings is 2.